The summed E-state index contributed by atoms with van der Waals surface area (Å²) in [5, 5.41) is 6.20. The van der Waals surface area contributed by atoms with Gasteiger partial charge >= 0.3 is 0 Å². The minimum Gasteiger partial charge on any atom is -0.456 e. The molecule has 1 heterocycles. The molecule has 256 valence electrons. The highest BCUT2D eigenvalue weighted by atomic mass is 16.3. The molecule has 1 N–H and O–H groups in total. The van der Waals surface area contributed by atoms with Crippen LogP contribution in [0, 0.1) is 0 Å². The predicted molar refractivity (Wildman–Crippen MR) is 224 cm³/mol. The van der Waals surface area contributed by atoms with Crippen LogP contribution < -0.4 is 5.32 Å². The van der Waals surface area contributed by atoms with Crippen LogP contribution >= 0.6 is 0 Å². The summed E-state index contributed by atoms with van der Waals surface area (Å²) in [5.74, 6) is 0. The second kappa shape index (κ2) is 11.4. The Bertz CT molecular complexity index is 2890. The van der Waals surface area contributed by atoms with Crippen LogP contribution in [0.25, 0.3) is 55.3 Å². The molecule has 0 spiro atoms. The number of furan rings is 1. The highest BCUT2D eigenvalue weighted by molar-refractivity contribution is 6.15. The normalized spacial score (nSPS) is 14.4. The zero-order chi connectivity index (χ0) is 36.0. The van der Waals surface area contributed by atoms with Gasteiger partial charge in [0.05, 0.1) is 5.41 Å². The summed E-state index contributed by atoms with van der Waals surface area (Å²) >= 11 is 0. The van der Waals surface area contributed by atoms with E-state index in [1.165, 1.54) is 55.6 Å². The summed E-state index contributed by atoms with van der Waals surface area (Å²) in [6.07, 6.45) is 0. The molecule has 2 aliphatic carbocycles. The molecule has 2 nitrogen and oxygen atoms in total. The van der Waals surface area contributed by atoms with Crippen LogP contribution in [0.4, 0.5) is 11.4 Å². The number of nitrogens with one attached hydrogen (secondary N) is 1. The summed E-state index contributed by atoms with van der Waals surface area (Å²) in [6, 6.07) is 66.4. The Labute approximate surface area is 315 Å². The van der Waals surface area contributed by atoms with Gasteiger partial charge in [-0.1, -0.05) is 159 Å². The molecule has 0 atom stereocenters. The fourth-order valence-electron chi connectivity index (χ4n) is 9.75. The Hall–Kier alpha value is -6.64. The van der Waals surface area contributed by atoms with Crippen molar-refractivity contribution < 1.29 is 4.42 Å². The van der Waals surface area contributed by atoms with Gasteiger partial charge in [0.1, 0.15) is 11.2 Å². The van der Waals surface area contributed by atoms with Crippen LogP contribution in [0.3, 0.4) is 0 Å². The number of rotatable bonds is 5. The highest BCUT2D eigenvalue weighted by Crippen LogP contribution is 2.57. The zero-order valence-corrected chi connectivity index (χ0v) is 30.2. The average Bonchev–Trinajstić information content (AvgIpc) is 3.81. The minimum atomic E-state index is -0.458. The molecule has 2 aliphatic rings. The molecule has 54 heavy (non-hydrogen) atoms. The van der Waals surface area contributed by atoms with E-state index in [1.54, 1.807) is 0 Å². The first-order valence-corrected chi connectivity index (χ1v) is 18.8. The molecule has 0 bridgehead atoms. The quantitative estimate of drug-likeness (QED) is 0.194. The Morgan fingerprint density at radius 3 is 1.74 bits per heavy atom. The van der Waals surface area contributed by atoms with E-state index in [2.05, 4.69) is 201 Å². The fourth-order valence-corrected chi connectivity index (χ4v) is 9.75. The van der Waals surface area contributed by atoms with Crippen LogP contribution in [-0.2, 0) is 10.8 Å². The second-order valence-electron chi connectivity index (χ2n) is 15.3. The lowest BCUT2D eigenvalue weighted by Crippen LogP contribution is -2.28. The van der Waals surface area contributed by atoms with Crippen molar-refractivity contribution in [1.29, 1.82) is 0 Å². The van der Waals surface area contributed by atoms with E-state index in [0.717, 1.165) is 44.4 Å². The van der Waals surface area contributed by atoms with E-state index in [0.29, 0.717) is 0 Å². The van der Waals surface area contributed by atoms with Gasteiger partial charge in [0.25, 0.3) is 0 Å². The molecule has 0 aliphatic heterocycles. The van der Waals surface area contributed by atoms with Crippen molar-refractivity contribution in [3.8, 4) is 33.4 Å². The number of fused-ring (bicyclic) bond motifs is 9. The van der Waals surface area contributed by atoms with Crippen molar-refractivity contribution in [2.45, 2.75) is 24.7 Å². The molecular formula is C52H37NO. The lowest BCUT2D eigenvalue weighted by molar-refractivity contribution is 0.647. The van der Waals surface area contributed by atoms with E-state index in [4.69, 9.17) is 4.42 Å². The monoisotopic (exact) mass is 691 g/mol. The van der Waals surface area contributed by atoms with Gasteiger partial charge in [0.2, 0.25) is 0 Å². The summed E-state index contributed by atoms with van der Waals surface area (Å²) in [5.41, 5.74) is 18.6. The van der Waals surface area contributed by atoms with Crippen LogP contribution in [0.15, 0.2) is 186 Å². The average molecular weight is 692 g/mol. The summed E-state index contributed by atoms with van der Waals surface area (Å²) < 4.78 is 6.66. The molecule has 11 rings (SSSR count). The predicted octanol–water partition coefficient (Wildman–Crippen LogP) is 13.7. The van der Waals surface area contributed by atoms with Crippen molar-refractivity contribution in [1.82, 2.24) is 0 Å². The van der Waals surface area contributed by atoms with Crippen molar-refractivity contribution in [2.75, 3.05) is 5.32 Å². The first-order chi connectivity index (χ1) is 26.5. The number of para-hydroxylation sites is 1. The molecule has 0 saturated carbocycles. The lowest BCUT2D eigenvalue weighted by atomic mass is 9.67. The standard InChI is InChI=1S/C52H37NO/c1-51(2)43-24-12-9-21-37(43)41-31-42-49(32-45(41)51)54-48-27-15-23-40(50(42)48)39-22-11-14-26-47(39)53-35-28-29-38-36-20-10-13-25-44(36)52(46(38)30-35,33-16-5-3-6-17-33)34-18-7-4-8-19-34/h3-32,53H,1-2H3. The van der Waals surface area contributed by atoms with Gasteiger partial charge < -0.3 is 9.73 Å². The van der Waals surface area contributed by atoms with E-state index in [-0.39, 0.29) is 5.41 Å². The van der Waals surface area contributed by atoms with Crippen LogP contribution in [0.5, 0.6) is 0 Å². The number of anilines is 2. The van der Waals surface area contributed by atoms with Crippen molar-refractivity contribution in [3.63, 3.8) is 0 Å². The van der Waals surface area contributed by atoms with Gasteiger partial charge in [-0.3, -0.25) is 0 Å². The van der Waals surface area contributed by atoms with Gasteiger partial charge in [0, 0.05) is 33.1 Å². The maximum atomic E-state index is 6.66. The first-order valence-electron chi connectivity index (χ1n) is 18.8. The molecule has 2 heteroatoms. The van der Waals surface area contributed by atoms with Crippen molar-refractivity contribution >= 4 is 33.3 Å². The maximum absolute atomic E-state index is 6.66. The molecule has 0 radical (unpaired) electrons. The van der Waals surface area contributed by atoms with E-state index in [1.807, 2.05) is 0 Å². The van der Waals surface area contributed by atoms with Gasteiger partial charge in [-0.25, -0.2) is 0 Å². The number of hydrogen-bond acceptors (Lipinski definition) is 2. The Kier molecular flexibility index (Phi) is 6.55. The fraction of sp³-hybridized carbons (Fsp3) is 0.0769. The summed E-state index contributed by atoms with van der Waals surface area (Å²) in [6.45, 7) is 4.64. The van der Waals surface area contributed by atoms with Crippen molar-refractivity contribution in [2.24, 2.45) is 0 Å². The molecule has 0 amide bonds. The molecule has 0 unspecified atom stereocenters. The Morgan fingerprint density at radius 2 is 1.00 bits per heavy atom. The van der Waals surface area contributed by atoms with Crippen LogP contribution in [0.1, 0.15) is 47.2 Å². The summed E-state index contributed by atoms with van der Waals surface area (Å²) in [7, 11) is 0. The lowest BCUT2D eigenvalue weighted by Gasteiger charge is -2.34. The summed E-state index contributed by atoms with van der Waals surface area (Å²) in [4.78, 5) is 0. The molecule has 1 aromatic heterocycles. The third-order valence-corrected chi connectivity index (χ3v) is 12.2. The van der Waals surface area contributed by atoms with Gasteiger partial charge in [0.15, 0.2) is 0 Å². The molecule has 8 aromatic carbocycles. The number of hydrogen-bond donors (Lipinski definition) is 1. The smallest absolute Gasteiger partial charge is 0.136 e. The Balaban J connectivity index is 1.08. The highest BCUT2D eigenvalue weighted by Gasteiger charge is 2.46. The zero-order valence-electron chi connectivity index (χ0n) is 30.2. The van der Waals surface area contributed by atoms with E-state index < -0.39 is 5.41 Å². The Morgan fingerprint density at radius 1 is 0.407 bits per heavy atom. The molecule has 9 aromatic rings. The van der Waals surface area contributed by atoms with Gasteiger partial charge in [-0.2, -0.15) is 0 Å². The van der Waals surface area contributed by atoms with Crippen molar-refractivity contribution in [3.05, 3.63) is 215 Å². The molecule has 0 fully saturated rings. The van der Waals surface area contributed by atoms with Crippen LogP contribution in [-0.4, -0.2) is 0 Å². The topological polar surface area (TPSA) is 25.2 Å². The number of benzene rings is 8. The van der Waals surface area contributed by atoms with E-state index in [9.17, 15) is 0 Å². The molecular weight excluding hydrogens is 655 g/mol. The molecule has 0 saturated heterocycles. The third kappa shape index (κ3) is 4.22. The first kappa shape index (κ1) is 30.9. The maximum Gasteiger partial charge on any atom is 0.136 e. The SMILES string of the molecule is CC1(C)c2ccccc2-c2cc3c(cc21)oc1cccc(-c2ccccc2Nc2ccc4c(c2)C(c2ccccc2)(c2ccccc2)c2ccccc2-4)c13. The minimum absolute atomic E-state index is 0.0890. The third-order valence-electron chi connectivity index (χ3n) is 12.2. The van der Waals surface area contributed by atoms with E-state index >= 15 is 0 Å². The van der Waals surface area contributed by atoms with Crippen LogP contribution in [0.2, 0.25) is 0 Å². The largest absolute Gasteiger partial charge is 0.456 e. The van der Waals surface area contributed by atoms with Gasteiger partial charge in [-0.15, -0.1) is 0 Å². The second-order valence-corrected chi connectivity index (χ2v) is 15.3. The van der Waals surface area contributed by atoms with Gasteiger partial charge in [-0.05, 0) is 97.6 Å².